The first kappa shape index (κ1) is 14.8. The molecule has 0 fully saturated rings. The van der Waals surface area contributed by atoms with Gasteiger partial charge in [-0.25, -0.2) is 0 Å². The smallest absolute Gasteiger partial charge is 0.303 e. The molecule has 0 aliphatic heterocycles. The van der Waals surface area contributed by atoms with Crippen LogP contribution in [-0.4, -0.2) is 28.1 Å². The van der Waals surface area contributed by atoms with Gasteiger partial charge >= 0.3 is 5.97 Å². The highest BCUT2D eigenvalue weighted by atomic mass is 16.4. The Morgan fingerprint density at radius 2 is 1.84 bits per heavy atom. The monoisotopic (exact) mass is 263 g/mol. The number of benzene rings is 1. The van der Waals surface area contributed by atoms with Crippen LogP contribution in [0.5, 0.6) is 0 Å². The molecule has 1 amide bonds. The van der Waals surface area contributed by atoms with Gasteiger partial charge in [0.25, 0.3) is 5.91 Å². The highest BCUT2D eigenvalue weighted by molar-refractivity contribution is 5.94. The molecule has 1 aromatic rings. The van der Waals surface area contributed by atoms with E-state index < -0.39 is 12.0 Å². The number of aliphatic hydroxyl groups is 1. The van der Waals surface area contributed by atoms with Crippen molar-refractivity contribution in [3.8, 4) is 0 Å². The second-order valence-electron chi connectivity index (χ2n) is 4.17. The van der Waals surface area contributed by atoms with Crippen LogP contribution in [0, 0.1) is 0 Å². The van der Waals surface area contributed by atoms with Gasteiger partial charge in [-0.2, -0.15) is 0 Å². The number of rotatable bonds is 7. The van der Waals surface area contributed by atoms with E-state index in [-0.39, 0.29) is 18.1 Å². The summed E-state index contributed by atoms with van der Waals surface area (Å²) in [6, 6.07) is 7.95. The predicted octanol–water partition coefficient (Wildman–Crippen LogP) is 2.11. The topological polar surface area (TPSA) is 86.6 Å². The molecule has 0 unspecified atom stereocenters. The highest BCUT2D eigenvalue weighted by Crippen LogP contribution is 2.08. The summed E-state index contributed by atoms with van der Waals surface area (Å²) in [6.45, 7) is 3.39. The lowest BCUT2D eigenvalue weighted by Crippen LogP contribution is -2.36. The van der Waals surface area contributed by atoms with E-state index in [4.69, 9.17) is 5.11 Å². The fourth-order valence-corrected chi connectivity index (χ4v) is 1.61. The Kier molecular flexibility index (Phi) is 5.60. The van der Waals surface area contributed by atoms with Crippen molar-refractivity contribution in [2.24, 2.45) is 0 Å². The van der Waals surface area contributed by atoms with Gasteiger partial charge in [-0.15, -0.1) is 0 Å². The lowest BCUT2D eigenvalue weighted by molar-refractivity contribution is -0.137. The average Bonchev–Trinajstić information content (AvgIpc) is 2.37. The molecule has 1 atom stereocenters. The van der Waals surface area contributed by atoms with Gasteiger partial charge < -0.3 is 15.5 Å². The molecule has 0 aromatic heterocycles. The number of aliphatic hydroxyl groups excluding tert-OH is 1. The van der Waals surface area contributed by atoms with Gasteiger partial charge in [0.2, 0.25) is 0 Å². The lowest BCUT2D eigenvalue weighted by Gasteiger charge is -2.17. The summed E-state index contributed by atoms with van der Waals surface area (Å²) in [5, 5.41) is 20.6. The molecule has 0 saturated carbocycles. The molecule has 19 heavy (non-hydrogen) atoms. The van der Waals surface area contributed by atoms with Crippen molar-refractivity contribution < 1.29 is 19.8 Å². The number of amides is 1. The minimum atomic E-state index is -0.906. The zero-order valence-electron chi connectivity index (χ0n) is 10.5. The standard InChI is InChI=1S/C14H17NO4/c1-10(16)12(8-5-9-13(17)18)15-14(19)11-6-3-2-4-7-11/h2-4,6-7,12,16H,1,5,8-9H2,(H,15,19)(H,17,18)/t12-/m0/s1. The number of hydrogen-bond acceptors (Lipinski definition) is 3. The van der Waals surface area contributed by atoms with Crippen molar-refractivity contribution in [2.75, 3.05) is 0 Å². The van der Waals surface area contributed by atoms with Crippen molar-refractivity contribution in [3.05, 3.63) is 48.2 Å². The van der Waals surface area contributed by atoms with Crippen molar-refractivity contribution >= 4 is 11.9 Å². The van der Waals surface area contributed by atoms with E-state index in [1.54, 1.807) is 30.3 Å². The normalized spacial score (nSPS) is 11.6. The Bertz CT molecular complexity index is 456. The van der Waals surface area contributed by atoms with Crippen LogP contribution in [0.2, 0.25) is 0 Å². The van der Waals surface area contributed by atoms with Crippen LogP contribution in [-0.2, 0) is 4.79 Å². The predicted molar refractivity (Wildman–Crippen MR) is 71.0 cm³/mol. The maximum Gasteiger partial charge on any atom is 0.303 e. The molecule has 0 radical (unpaired) electrons. The van der Waals surface area contributed by atoms with Crippen molar-refractivity contribution in [1.29, 1.82) is 0 Å². The summed E-state index contributed by atoms with van der Waals surface area (Å²) in [6.07, 6.45) is 0.680. The molecular formula is C14H17NO4. The number of hydrogen-bond donors (Lipinski definition) is 3. The molecule has 1 aromatic carbocycles. The van der Waals surface area contributed by atoms with E-state index in [1.165, 1.54) is 0 Å². The largest absolute Gasteiger partial charge is 0.511 e. The molecule has 0 spiro atoms. The summed E-state index contributed by atoms with van der Waals surface area (Å²) in [5.74, 6) is -1.40. The second-order valence-corrected chi connectivity index (χ2v) is 4.17. The molecule has 5 nitrogen and oxygen atoms in total. The molecule has 0 bridgehead atoms. The summed E-state index contributed by atoms with van der Waals surface area (Å²) in [7, 11) is 0. The molecule has 3 N–H and O–H groups in total. The second kappa shape index (κ2) is 7.20. The van der Waals surface area contributed by atoms with Gasteiger partial charge in [0.1, 0.15) is 5.76 Å². The maximum atomic E-state index is 11.9. The van der Waals surface area contributed by atoms with Gasteiger partial charge in [0.15, 0.2) is 0 Å². The zero-order chi connectivity index (χ0) is 14.3. The summed E-state index contributed by atoms with van der Waals surface area (Å²) in [5.41, 5.74) is 0.479. The third kappa shape index (κ3) is 5.25. The van der Waals surface area contributed by atoms with Gasteiger partial charge in [-0.05, 0) is 25.0 Å². The van der Waals surface area contributed by atoms with E-state index in [1.807, 2.05) is 0 Å². The Hall–Kier alpha value is -2.30. The van der Waals surface area contributed by atoms with Crippen LogP contribution in [0.4, 0.5) is 0 Å². The van der Waals surface area contributed by atoms with Crippen LogP contribution in [0.15, 0.2) is 42.7 Å². The Morgan fingerprint density at radius 1 is 1.21 bits per heavy atom. The van der Waals surface area contributed by atoms with E-state index >= 15 is 0 Å². The molecular weight excluding hydrogens is 246 g/mol. The lowest BCUT2D eigenvalue weighted by atomic mass is 10.1. The van der Waals surface area contributed by atoms with E-state index in [0.29, 0.717) is 18.4 Å². The Morgan fingerprint density at radius 3 is 2.37 bits per heavy atom. The first-order chi connectivity index (χ1) is 9.00. The number of carbonyl (C=O) groups is 2. The zero-order valence-corrected chi connectivity index (χ0v) is 10.5. The van der Waals surface area contributed by atoms with E-state index in [0.717, 1.165) is 0 Å². The first-order valence-corrected chi connectivity index (χ1v) is 5.96. The van der Waals surface area contributed by atoms with E-state index in [2.05, 4.69) is 11.9 Å². The van der Waals surface area contributed by atoms with Crippen LogP contribution >= 0.6 is 0 Å². The van der Waals surface area contributed by atoms with Crippen LogP contribution in [0.3, 0.4) is 0 Å². The van der Waals surface area contributed by atoms with Crippen LogP contribution in [0.1, 0.15) is 29.6 Å². The summed E-state index contributed by atoms with van der Waals surface area (Å²) < 4.78 is 0. The molecule has 0 aliphatic rings. The number of nitrogens with one attached hydrogen (secondary N) is 1. The Balaban J connectivity index is 2.56. The van der Waals surface area contributed by atoms with Gasteiger partial charge in [-0.1, -0.05) is 24.8 Å². The van der Waals surface area contributed by atoms with Crippen LogP contribution < -0.4 is 5.32 Å². The molecule has 1 rings (SSSR count). The van der Waals surface area contributed by atoms with Crippen molar-refractivity contribution in [3.63, 3.8) is 0 Å². The minimum absolute atomic E-state index is 0.00894. The number of carboxylic acid groups (broad SMARTS) is 1. The number of carboxylic acids is 1. The molecule has 5 heteroatoms. The van der Waals surface area contributed by atoms with Crippen molar-refractivity contribution in [1.82, 2.24) is 5.32 Å². The average molecular weight is 263 g/mol. The third-order valence-corrected chi connectivity index (χ3v) is 2.63. The number of aliphatic carboxylic acids is 1. The van der Waals surface area contributed by atoms with Gasteiger partial charge in [0.05, 0.1) is 6.04 Å². The fourth-order valence-electron chi connectivity index (χ4n) is 1.61. The highest BCUT2D eigenvalue weighted by Gasteiger charge is 2.16. The minimum Gasteiger partial charge on any atom is -0.511 e. The molecule has 0 saturated heterocycles. The summed E-state index contributed by atoms with van der Waals surface area (Å²) >= 11 is 0. The number of carbonyl (C=O) groups excluding carboxylic acids is 1. The summed E-state index contributed by atoms with van der Waals surface area (Å²) in [4.78, 5) is 22.3. The van der Waals surface area contributed by atoms with Crippen molar-refractivity contribution in [2.45, 2.75) is 25.3 Å². The molecule has 0 heterocycles. The molecule has 0 aliphatic carbocycles. The van der Waals surface area contributed by atoms with Gasteiger partial charge in [0, 0.05) is 12.0 Å². The maximum absolute atomic E-state index is 11.9. The Labute approximate surface area is 111 Å². The fraction of sp³-hybridized carbons (Fsp3) is 0.286. The van der Waals surface area contributed by atoms with E-state index in [9.17, 15) is 14.7 Å². The first-order valence-electron chi connectivity index (χ1n) is 5.96. The molecule has 102 valence electrons. The third-order valence-electron chi connectivity index (χ3n) is 2.63. The van der Waals surface area contributed by atoms with Gasteiger partial charge in [-0.3, -0.25) is 9.59 Å². The quantitative estimate of drug-likeness (QED) is 0.657. The SMILES string of the molecule is C=C(O)[C@H](CCCC(=O)O)NC(=O)c1ccccc1. The van der Waals surface area contributed by atoms with Crippen LogP contribution in [0.25, 0.3) is 0 Å².